The van der Waals surface area contributed by atoms with Crippen molar-refractivity contribution in [2.45, 2.75) is 65.4 Å². The maximum absolute atomic E-state index is 14.0. The number of aromatic nitrogens is 3. The number of likely N-dealkylation sites (tertiary alicyclic amines) is 1. The van der Waals surface area contributed by atoms with E-state index < -0.39 is 35.4 Å². The van der Waals surface area contributed by atoms with Crippen LogP contribution in [-0.4, -0.2) is 163 Å². The summed E-state index contributed by atoms with van der Waals surface area (Å²) in [6.07, 6.45) is 4.25. The minimum absolute atomic E-state index is 0.0329. The molecule has 3 unspecified atom stereocenters. The van der Waals surface area contributed by atoms with E-state index in [1.807, 2.05) is 70.2 Å². The number of piperazine rings is 1. The van der Waals surface area contributed by atoms with Gasteiger partial charge in [0.2, 0.25) is 23.6 Å². The Kier molecular flexibility index (Phi) is 18.1. The van der Waals surface area contributed by atoms with Gasteiger partial charge in [0.15, 0.2) is 0 Å². The number of aryl methyl sites for hydroxylation is 2. The zero-order valence-corrected chi connectivity index (χ0v) is 42.9. The summed E-state index contributed by atoms with van der Waals surface area (Å²) in [5, 5.41) is 17.6. The van der Waals surface area contributed by atoms with Crippen LogP contribution in [0, 0.1) is 12.3 Å². The van der Waals surface area contributed by atoms with Crippen molar-refractivity contribution < 1.29 is 48.0 Å². The van der Waals surface area contributed by atoms with Gasteiger partial charge in [0, 0.05) is 83.4 Å². The standard InChI is InChI=1S/C52H66N8O11S/c1-33-47(72-32-55-33)35-10-8-34(9-11-35)25-54-49(64)42-24-37(61)27-60(42)51(66)48(52(2,3)4)56-45(62)30-70-20-18-69-19-21-71-31-46(63)59-16-14-58(15-17-59)29-41-43(67-6)22-36(23-44(41)68-7)40-28-57(5)50(65)39-26-53-13-12-38(39)40/h8-13,22-23,26,28,32,37,42,48,61H,14-21,24-25,27,29-31H2,1-7H3,(H,54,64)(H,56,62). The second-order valence-corrected chi connectivity index (χ2v) is 19.9. The van der Waals surface area contributed by atoms with E-state index in [1.165, 1.54) is 4.90 Å². The number of pyridine rings is 2. The van der Waals surface area contributed by atoms with Crippen LogP contribution < -0.4 is 25.7 Å². The van der Waals surface area contributed by atoms with Gasteiger partial charge in [0.05, 0.1) is 73.8 Å². The van der Waals surface area contributed by atoms with Gasteiger partial charge in [-0.25, -0.2) is 4.98 Å². The van der Waals surface area contributed by atoms with Crippen molar-refractivity contribution in [2.24, 2.45) is 12.5 Å². The van der Waals surface area contributed by atoms with Crippen LogP contribution in [0.4, 0.5) is 0 Å². The Labute approximate surface area is 423 Å². The molecule has 2 aliphatic rings. The van der Waals surface area contributed by atoms with E-state index in [-0.39, 0.29) is 76.5 Å². The predicted octanol–water partition coefficient (Wildman–Crippen LogP) is 3.55. The molecule has 5 aromatic rings. The Morgan fingerprint density at radius 3 is 2.19 bits per heavy atom. The molecule has 4 amide bonds. The maximum atomic E-state index is 14.0. The lowest BCUT2D eigenvalue weighted by atomic mass is 9.85. The van der Waals surface area contributed by atoms with Crippen LogP contribution in [0.25, 0.3) is 32.3 Å². The maximum Gasteiger partial charge on any atom is 0.259 e. The van der Waals surface area contributed by atoms with E-state index in [0.29, 0.717) is 49.6 Å². The van der Waals surface area contributed by atoms with Gasteiger partial charge < -0.3 is 53.8 Å². The molecular weight excluding hydrogens is 945 g/mol. The zero-order chi connectivity index (χ0) is 51.5. The number of amides is 4. The zero-order valence-electron chi connectivity index (χ0n) is 42.1. The number of carbonyl (C=O) groups is 4. The Morgan fingerprint density at radius 2 is 1.56 bits per heavy atom. The van der Waals surface area contributed by atoms with Crippen LogP contribution in [0.2, 0.25) is 0 Å². The SMILES string of the molecule is COc1cc(-c2cn(C)c(=O)c3cnccc23)cc(OC)c1CN1CCN(C(=O)COCCOCCOCC(=O)NC(C(=O)N2CC(O)CC2C(=O)NCc2ccc(-c3scnc3C)cc2)C(C)(C)C)CC1. The quantitative estimate of drug-likeness (QED) is 0.0897. The molecule has 5 heterocycles. The lowest BCUT2D eigenvalue weighted by molar-refractivity contribution is -0.144. The second kappa shape index (κ2) is 24.4. The fourth-order valence-corrected chi connectivity index (χ4v) is 9.76. The third kappa shape index (κ3) is 13.2. The first-order valence-electron chi connectivity index (χ1n) is 24.0. The highest BCUT2D eigenvalue weighted by Crippen LogP contribution is 2.38. The Balaban J connectivity index is 0.782. The fraction of sp³-hybridized carbons (Fsp3) is 0.481. The molecule has 7 rings (SSSR count). The average molecular weight is 1010 g/mol. The van der Waals surface area contributed by atoms with Crippen molar-refractivity contribution >= 4 is 45.7 Å². The molecule has 0 saturated carbocycles. The lowest BCUT2D eigenvalue weighted by Crippen LogP contribution is -2.58. The normalized spacial score (nSPS) is 16.7. The van der Waals surface area contributed by atoms with E-state index in [4.69, 9.17) is 23.7 Å². The van der Waals surface area contributed by atoms with Gasteiger partial charge >= 0.3 is 0 Å². The lowest BCUT2D eigenvalue weighted by Gasteiger charge is -2.35. The molecule has 19 nitrogen and oxygen atoms in total. The minimum Gasteiger partial charge on any atom is -0.496 e. The first kappa shape index (κ1) is 53.5. The minimum atomic E-state index is -0.991. The Hall–Kier alpha value is -6.29. The smallest absolute Gasteiger partial charge is 0.259 e. The molecule has 386 valence electrons. The molecule has 3 aromatic heterocycles. The van der Waals surface area contributed by atoms with E-state index >= 15 is 0 Å². The van der Waals surface area contributed by atoms with Crippen molar-refractivity contribution in [3.8, 4) is 33.1 Å². The summed E-state index contributed by atoms with van der Waals surface area (Å²) >= 11 is 1.57. The number of hydrogen-bond acceptors (Lipinski definition) is 15. The molecule has 2 aromatic carbocycles. The van der Waals surface area contributed by atoms with E-state index in [9.17, 15) is 29.1 Å². The fourth-order valence-electron chi connectivity index (χ4n) is 8.95. The number of fused-ring (bicyclic) bond motifs is 1. The van der Waals surface area contributed by atoms with Crippen LogP contribution in [0.3, 0.4) is 0 Å². The molecule has 0 aliphatic carbocycles. The molecule has 2 aliphatic heterocycles. The van der Waals surface area contributed by atoms with Gasteiger partial charge in [-0.05, 0) is 52.6 Å². The highest BCUT2D eigenvalue weighted by Gasteiger charge is 2.44. The second-order valence-electron chi connectivity index (χ2n) is 19.1. The van der Waals surface area contributed by atoms with Crippen molar-refractivity contribution in [1.82, 2.24) is 39.9 Å². The third-order valence-corrected chi connectivity index (χ3v) is 13.9. The van der Waals surface area contributed by atoms with Crippen LogP contribution in [0.15, 0.2) is 71.4 Å². The van der Waals surface area contributed by atoms with Gasteiger partial charge in [0.25, 0.3) is 5.56 Å². The van der Waals surface area contributed by atoms with Crippen LogP contribution in [0.1, 0.15) is 44.0 Å². The summed E-state index contributed by atoms with van der Waals surface area (Å²) in [6.45, 7) is 10.8. The Morgan fingerprint density at radius 1 is 0.889 bits per heavy atom. The van der Waals surface area contributed by atoms with Crippen molar-refractivity contribution in [3.05, 3.63) is 93.7 Å². The van der Waals surface area contributed by atoms with Crippen LogP contribution in [-0.2, 0) is 53.5 Å². The number of benzene rings is 2. The van der Waals surface area contributed by atoms with Gasteiger partial charge in [-0.15, -0.1) is 11.3 Å². The molecule has 0 bridgehead atoms. The number of ether oxygens (including phenoxy) is 5. The van der Waals surface area contributed by atoms with Crippen LogP contribution in [0.5, 0.6) is 11.5 Å². The molecule has 2 fully saturated rings. The summed E-state index contributed by atoms with van der Waals surface area (Å²) in [5.41, 5.74) is 6.41. The van der Waals surface area contributed by atoms with Crippen molar-refractivity contribution in [3.63, 3.8) is 0 Å². The number of methoxy groups -OCH3 is 2. The average Bonchev–Trinajstić information content (AvgIpc) is 4.00. The molecule has 3 N–H and O–H groups in total. The van der Waals surface area contributed by atoms with Crippen LogP contribution >= 0.6 is 11.3 Å². The molecule has 3 atom stereocenters. The van der Waals surface area contributed by atoms with Gasteiger partial charge in [-0.1, -0.05) is 45.0 Å². The summed E-state index contributed by atoms with van der Waals surface area (Å²) in [6, 6.07) is 11.7. The van der Waals surface area contributed by atoms with Crippen molar-refractivity contribution in [1.29, 1.82) is 0 Å². The number of rotatable bonds is 21. The molecule has 2 saturated heterocycles. The van der Waals surface area contributed by atoms with E-state index in [1.54, 1.807) is 66.2 Å². The predicted molar refractivity (Wildman–Crippen MR) is 271 cm³/mol. The first-order valence-corrected chi connectivity index (χ1v) is 24.9. The van der Waals surface area contributed by atoms with E-state index in [2.05, 4.69) is 25.5 Å². The number of thiazole rings is 1. The molecule has 0 radical (unpaired) electrons. The highest BCUT2D eigenvalue weighted by molar-refractivity contribution is 7.13. The number of carbonyl (C=O) groups excluding carboxylic acids is 4. The molecule has 0 spiro atoms. The number of β-amino-alcohol motifs (C(OH)–C–C–N with tert-alkyl or cyclic N) is 1. The van der Waals surface area contributed by atoms with E-state index in [0.717, 1.165) is 43.8 Å². The number of hydrogen-bond donors (Lipinski definition) is 3. The third-order valence-electron chi connectivity index (χ3n) is 12.9. The topological polar surface area (TPSA) is 216 Å². The molecule has 72 heavy (non-hydrogen) atoms. The Bertz CT molecular complexity index is 2730. The number of aliphatic hydroxyl groups excluding tert-OH is 1. The monoisotopic (exact) mass is 1010 g/mol. The first-order chi connectivity index (χ1) is 34.6. The molecule has 20 heteroatoms. The summed E-state index contributed by atoms with van der Waals surface area (Å²) in [5.74, 6) is -0.168. The number of nitrogens with zero attached hydrogens (tertiary/aromatic N) is 6. The van der Waals surface area contributed by atoms with Gasteiger partial charge in [-0.2, -0.15) is 0 Å². The summed E-state index contributed by atoms with van der Waals surface area (Å²) < 4.78 is 30.0. The van der Waals surface area contributed by atoms with Gasteiger partial charge in [0.1, 0.15) is 36.8 Å². The number of nitrogens with one attached hydrogen (secondary N) is 2. The summed E-state index contributed by atoms with van der Waals surface area (Å²) in [4.78, 5) is 81.2. The highest BCUT2D eigenvalue weighted by atomic mass is 32.1. The van der Waals surface area contributed by atoms with Crippen molar-refractivity contribution in [2.75, 3.05) is 86.6 Å². The largest absolute Gasteiger partial charge is 0.496 e. The van der Waals surface area contributed by atoms with Gasteiger partial charge in [-0.3, -0.25) is 33.9 Å². The molecular formula is C52H66N8O11S. The summed E-state index contributed by atoms with van der Waals surface area (Å²) in [7, 11) is 4.96. The number of aliphatic hydroxyl groups is 1.